The quantitative estimate of drug-likeness (QED) is 0.352. The molecule has 0 aliphatic heterocycles. The van der Waals surface area contributed by atoms with Crippen molar-refractivity contribution in [1.82, 2.24) is 15.5 Å². The van der Waals surface area contributed by atoms with Gasteiger partial charge in [0.15, 0.2) is 0 Å². The summed E-state index contributed by atoms with van der Waals surface area (Å²) in [6.45, 7) is 0. The maximum Gasteiger partial charge on any atom is 0.252 e. The van der Waals surface area contributed by atoms with Gasteiger partial charge in [0.2, 0.25) is 11.0 Å². The lowest BCUT2D eigenvalue weighted by Crippen LogP contribution is -2.45. The molecule has 0 bridgehead atoms. The molecule has 4 aromatic rings. The Balaban J connectivity index is 1.51. The molecule has 4 rings (SSSR count). The van der Waals surface area contributed by atoms with Gasteiger partial charge in [-0.05, 0) is 35.9 Å². The number of hydrogen-bond donors (Lipinski definition) is 2. The fourth-order valence-corrected chi connectivity index (χ4v) is 4.12. The third kappa shape index (κ3) is 6.09. The van der Waals surface area contributed by atoms with E-state index in [1.165, 1.54) is 29.5 Å². The summed E-state index contributed by atoms with van der Waals surface area (Å²) in [7, 11) is 0. The van der Waals surface area contributed by atoms with Gasteiger partial charge in [-0.3, -0.25) is 14.9 Å². The number of benzene rings is 3. The molecule has 6 nitrogen and oxygen atoms in total. The maximum atomic E-state index is 13.5. The van der Waals surface area contributed by atoms with Crippen LogP contribution in [0.1, 0.15) is 15.9 Å². The SMILES string of the molecule is O=C(N[C@@H](Cc1ccccc1)C(=O)Nc1nnc(-c2ccc(Br)cc2)s1)c1cccc(F)c1. The van der Waals surface area contributed by atoms with E-state index in [2.05, 4.69) is 36.8 Å². The van der Waals surface area contributed by atoms with Gasteiger partial charge in [-0.2, -0.15) is 0 Å². The molecular formula is C24H18BrFN4O2S. The van der Waals surface area contributed by atoms with Crippen LogP contribution in [0.5, 0.6) is 0 Å². The van der Waals surface area contributed by atoms with E-state index >= 15 is 0 Å². The summed E-state index contributed by atoms with van der Waals surface area (Å²) in [5, 5.41) is 14.6. The highest BCUT2D eigenvalue weighted by molar-refractivity contribution is 9.10. The average Bonchev–Trinajstić information content (AvgIpc) is 3.28. The van der Waals surface area contributed by atoms with Gasteiger partial charge in [-0.1, -0.05) is 75.8 Å². The second kappa shape index (κ2) is 10.5. The summed E-state index contributed by atoms with van der Waals surface area (Å²) in [6, 6.07) is 21.3. The van der Waals surface area contributed by atoms with E-state index in [1.54, 1.807) is 0 Å². The fraction of sp³-hybridized carbons (Fsp3) is 0.0833. The van der Waals surface area contributed by atoms with Crippen molar-refractivity contribution < 1.29 is 14.0 Å². The number of carbonyl (C=O) groups is 2. The fourth-order valence-electron chi connectivity index (χ4n) is 3.11. The number of hydrogen-bond acceptors (Lipinski definition) is 5. The molecule has 0 radical (unpaired) electrons. The molecule has 166 valence electrons. The molecule has 9 heteroatoms. The van der Waals surface area contributed by atoms with Crippen LogP contribution < -0.4 is 10.6 Å². The van der Waals surface area contributed by atoms with Crippen molar-refractivity contribution in [2.45, 2.75) is 12.5 Å². The molecule has 1 aromatic heterocycles. The van der Waals surface area contributed by atoms with Crippen LogP contribution in [0.2, 0.25) is 0 Å². The van der Waals surface area contributed by atoms with Crippen LogP contribution in [-0.4, -0.2) is 28.1 Å². The predicted molar refractivity (Wildman–Crippen MR) is 129 cm³/mol. The summed E-state index contributed by atoms with van der Waals surface area (Å²) in [5.41, 5.74) is 1.87. The van der Waals surface area contributed by atoms with E-state index in [0.717, 1.165) is 21.7 Å². The number of nitrogens with zero attached hydrogens (tertiary/aromatic N) is 2. The van der Waals surface area contributed by atoms with E-state index in [9.17, 15) is 14.0 Å². The molecule has 2 amide bonds. The zero-order valence-electron chi connectivity index (χ0n) is 17.2. The monoisotopic (exact) mass is 524 g/mol. The van der Waals surface area contributed by atoms with Crippen LogP contribution in [0.3, 0.4) is 0 Å². The highest BCUT2D eigenvalue weighted by Crippen LogP contribution is 2.27. The molecule has 2 N–H and O–H groups in total. The van der Waals surface area contributed by atoms with E-state index in [1.807, 2.05) is 54.6 Å². The minimum atomic E-state index is -0.900. The topological polar surface area (TPSA) is 84.0 Å². The summed E-state index contributed by atoms with van der Waals surface area (Å²) in [6.07, 6.45) is 0.256. The molecule has 33 heavy (non-hydrogen) atoms. The van der Waals surface area contributed by atoms with Crippen LogP contribution in [-0.2, 0) is 11.2 Å². The predicted octanol–water partition coefficient (Wildman–Crippen LogP) is 5.09. The van der Waals surface area contributed by atoms with Crippen LogP contribution >= 0.6 is 27.3 Å². The highest BCUT2D eigenvalue weighted by atomic mass is 79.9. The first kappa shape index (κ1) is 22.8. The zero-order valence-corrected chi connectivity index (χ0v) is 19.6. The highest BCUT2D eigenvalue weighted by Gasteiger charge is 2.23. The van der Waals surface area contributed by atoms with Crippen LogP contribution in [0, 0.1) is 5.82 Å². The molecule has 0 saturated heterocycles. The van der Waals surface area contributed by atoms with E-state index in [-0.39, 0.29) is 12.0 Å². The number of rotatable bonds is 7. The number of amides is 2. The smallest absolute Gasteiger partial charge is 0.252 e. The first-order chi connectivity index (χ1) is 16.0. The Morgan fingerprint density at radius 3 is 2.45 bits per heavy atom. The van der Waals surface area contributed by atoms with E-state index in [4.69, 9.17) is 0 Å². The van der Waals surface area contributed by atoms with Gasteiger partial charge < -0.3 is 5.32 Å². The lowest BCUT2D eigenvalue weighted by molar-refractivity contribution is -0.118. The van der Waals surface area contributed by atoms with Crippen LogP contribution in [0.25, 0.3) is 10.6 Å². The molecule has 0 aliphatic rings. The van der Waals surface area contributed by atoms with Gasteiger partial charge in [0, 0.05) is 22.0 Å². The summed E-state index contributed by atoms with van der Waals surface area (Å²) >= 11 is 4.62. The first-order valence-corrected chi connectivity index (χ1v) is 11.6. The normalized spacial score (nSPS) is 11.6. The number of carbonyl (C=O) groups excluding carboxylic acids is 2. The average molecular weight is 525 g/mol. The van der Waals surface area contributed by atoms with Crippen molar-refractivity contribution in [2.24, 2.45) is 0 Å². The van der Waals surface area contributed by atoms with Crippen molar-refractivity contribution in [3.05, 3.63) is 100 Å². The second-order valence-corrected chi connectivity index (χ2v) is 9.03. The van der Waals surface area contributed by atoms with Gasteiger partial charge in [0.25, 0.3) is 5.91 Å². The molecule has 0 unspecified atom stereocenters. The van der Waals surface area contributed by atoms with Crippen molar-refractivity contribution in [1.29, 1.82) is 0 Å². The molecule has 0 fully saturated rings. The minimum Gasteiger partial charge on any atom is -0.340 e. The molecular weight excluding hydrogens is 507 g/mol. The number of aromatic nitrogens is 2. The zero-order chi connectivity index (χ0) is 23.2. The molecule has 3 aromatic carbocycles. The van der Waals surface area contributed by atoms with Crippen molar-refractivity contribution in [3.8, 4) is 10.6 Å². The van der Waals surface area contributed by atoms with Gasteiger partial charge >= 0.3 is 0 Å². The molecule has 0 spiro atoms. The van der Waals surface area contributed by atoms with Crippen LogP contribution in [0.15, 0.2) is 83.3 Å². The second-order valence-electron chi connectivity index (χ2n) is 7.13. The van der Waals surface area contributed by atoms with Crippen molar-refractivity contribution in [3.63, 3.8) is 0 Å². The Kier molecular flexibility index (Phi) is 7.21. The first-order valence-electron chi connectivity index (χ1n) is 9.98. The van der Waals surface area contributed by atoms with Gasteiger partial charge in [0.1, 0.15) is 16.9 Å². The summed E-state index contributed by atoms with van der Waals surface area (Å²) in [5.74, 6) is -1.51. The molecule has 0 aliphatic carbocycles. The number of anilines is 1. The molecule has 1 heterocycles. The molecule has 1 atom stereocenters. The Bertz CT molecular complexity index is 1260. The van der Waals surface area contributed by atoms with Crippen molar-refractivity contribution in [2.75, 3.05) is 5.32 Å². The Morgan fingerprint density at radius 2 is 1.73 bits per heavy atom. The molecule has 0 saturated carbocycles. The van der Waals surface area contributed by atoms with Crippen LogP contribution in [0.4, 0.5) is 9.52 Å². The lowest BCUT2D eigenvalue weighted by Gasteiger charge is -2.18. The van der Waals surface area contributed by atoms with E-state index < -0.39 is 23.7 Å². The van der Waals surface area contributed by atoms with Gasteiger partial charge in [-0.15, -0.1) is 10.2 Å². The third-order valence-corrected chi connectivity index (χ3v) is 6.15. The van der Waals surface area contributed by atoms with Crippen molar-refractivity contribution >= 4 is 44.2 Å². The third-order valence-electron chi connectivity index (χ3n) is 4.74. The van der Waals surface area contributed by atoms with Gasteiger partial charge in [-0.25, -0.2) is 4.39 Å². The lowest BCUT2D eigenvalue weighted by atomic mass is 10.0. The minimum absolute atomic E-state index is 0.134. The summed E-state index contributed by atoms with van der Waals surface area (Å²) in [4.78, 5) is 25.8. The Labute approximate surface area is 202 Å². The van der Waals surface area contributed by atoms with Gasteiger partial charge in [0.05, 0.1) is 0 Å². The Hall–Kier alpha value is -3.43. The standard InChI is InChI=1S/C24H18BrFN4O2S/c25-18-11-9-16(10-12-18)23-29-30-24(33-23)28-22(32)20(13-15-5-2-1-3-6-15)27-21(31)17-7-4-8-19(26)14-17/h1-12,14,20H,13H2,(H,27,31)(H,28,30,32)/t20-/m0/s1. The Morgan fingerprint density at radius 1 is 0.970 bits per heavy atom. The number of nitrogens with one attached hydrogen (secondary N) is 2. The maximum absolute atomic E-state index is 13.5. The summed E-state index contributed by atoms with van der Waals surface area (Å²) < 4.78 is 14.5. The van der Waals surface area contributed by atoms with E-state index in [0.29, 0.717) is 10.1 Å². The largest absolute Gasteiger partial charge is 0.340 e. The number of halogens is 2.